The van der Waals surface area contributed by atoms with Gasteiger partial charge < -0.3 is 0 Å². The first kappa shape index (κ1) is 11.1. The van der Waals surface area contributed by atoms with E-state index in [4.69, 9.17) is 0 Å². The van der Waals surface area contributed by atoms with Crippen molar-refractivity contribution < 1.29 is 12.3 Å². The van der Waals surface area contributed by atoms with Gasteiger partial charge in [-0.3, -0.25) is 0 Å². The lowest BCUT2D eigenvalue weighted by Gasteiger charge is -2.18. The quantitative estimate of drug-likeness (QED) is 0.676. The number of rotatable bonds is 1. The molecule has 1 rings (SSSR count). The zero-order valence-corrected chi connectivity index (χ0v) is 9.10. The summed E-state index contributed by atoms with van der Waals surface area (Å²) in [4.78, 5) is 3.46. The highest BCUT2D eigenvalue weighted by atomic mass is 32.3. The van der Waals surface area contributed by atoms with Crippen molar-refractivity contribution >= 4 is 10.2 Å². The Labute approximate surface area is 83.2 Å². The van der Waals surface area contributed by atoms with Gasteiger partial charge in [0.1, 0.15) is 0 Å². The number of hydrogen-bond donors (Lipinski definition) is 0. The molecule has 0 spiro atoms. The third kappa shape index (κ3) is 2.51. The molecule has 78 valence electrons. The standard InChI is InChI=1S/C9H12FNO2S/c1-9(2,3)7-4-5-11-8(6-7)14(10,12)13/h4-6H,1-3H3. The van der Waals surface area contributed by atoms with Gasteiger partial charge in [-0.05, 0) is 23.1 Å². The molecule has 0 N–H and O–H groups in total. The largest absolute Gasteiger partial charge is 0.349 e. The van der Waals surface area contributed by atoms with Gasteiger partial charge in [-0.2, -0.15) is 8.42 Å². The molecule has 0 radical (unpaired) electrons. The van der Waals surface area contributed by atoms with Gasteiger partial charge in [-0.15, -0.1) is 0 Å². The van der Waals surface area contributed by atoms with Crippen LogP contribution in [-0.4, -0.2) is 13.4 Å². The highest BCUT2D eigenvalue weighted by Crippen LogP contribution is 2.23. The van der Waals surface area contributed by atoms with Gasteiger partial charge in [-0.1, -0.05) is 24.7 Å². The van der Waals surface area contributed by atoms with E-state index in [0.29, 0.717) is 0 Å². The molecule has 0 aliphatic rings. The summed E-state index contributed by atoms with van der Waals surface area (Å²) in [5, 5.41) is -0.523. The SMILES string of the molecule is CC(C)(C)c1ccnc(S(=O)(=O)F)c1. The molecule has 0 saturated heterocycles. The van der Waals surface area contributed by atoms with Gasteiger partial charge in [0.25, 0.3) is 0 Å². The predicted molar refractivity (Wildman–Crippen MR) is 51.2 cm³/mol. The molecule has 0 fully saturated rings. The van der Waals surface area contributed by atoms with Gasteiger partial charge in [0.15, 0.2) is 5.03 Å². The topological polar surface area (TPSA) is 47.0 Å². The lowest BCUT2D eigenvalue weighted by atomic mass is 9.88. The molecule has 0 saturated carbocycles. The fraction of sp³-hybridized carbons (Fsp3) is 0.444. The molecule has 3 nitrogen and oxygen atoms in total. The minimum absolute atomic E-state index is 0.220. The fourth-order valence-corrected chi connectivity index (χ4v) is 1.46. The molecule has 1 aromatic rings. The van der Waals surface area contributed by atoms with Gasteiger partial charge in [0.05, 0.1) is 0 Å². The van der Waals surface area contributed by atoms with E-state index >= 15 is 0 Å². The van der Waals surface area contributed by atoms with Gasteiger partial charge in [0, 0.05) is 6.20 Å². The van der Waals surface area contributed by atoms with Crippen LogP contribution in [0.4, 0.5) is 3.89 Å². The molecule has 0 aliphatic heterocycles. The summed E-state index contributed by atoms with van der Waals surface area (Å²) >= 11 is 0. The highest BCUT2D eigenvalue weighted by Gasteiger charge is 2.19. The molecule has 0 atom stereocenters. The van der Waals surface area contributed by atoms with Crippen molar-refractivity contribution in [2.45, 2.75) is 31.2 Å². The normalized spacial score (nSPS) is 12.9. The minimum Gasteiger partial charge on any atom is -0.242 e. The monoisotopic (exact) mass is 217 g/mol. The average molecular weight is 217 g/mol. The van der Waals surface area contributed by atoms with Crippen LogP contribution < -0.4 is 0 Å². The van der Waals surface area contributed by atoms with E-state index in [1.807, 2.05) is 20.8 Å². The average Bonchev–Trinajstić information content (AvgIpc) is 2.01. The number of hydrogen-bond acceptors (Lipinski definition) is 3. The van der Waals surface area contributed by atoms with E-state index in [-0.39, 0.29) is 5.41 Å². The molecule has 1 aromatic heterocycles. The first-order valence-corrected chi connectivity index (χ1v) is 5.51. The minimum atomic E-state index is -4.70. The van der Waals surface area contributed by atoms with Crippen LogP contribution in [0.2, 0.25) is 0 Å². The van der Waals surface area contributed by atoms with Gasteiger partial charge in [-0.25, -0.2) is 4.98 Å². The molecule has 5 heteroatoms. The summed E-state index contributed by atoms with van der Waals surface area (Å²) < 4.78 is 33.8. The third-order valence-electron chi connectivity index (χ3n) is 1.85. The summed E-state index contributed by atoms with van der Waals surface area (Å²) in [5.41, 5.74) is 0.520. The Kier molecular flexibility index (Phi) is 2.63. The molecule has 0 amide bonds. The fourth-order valence-electron chi connectivity index (χ4n) is 1.01. The molecule has 0 bridgehead atoms. The van der Waals surface area contributed by atoms with Crippen molar-refractivity contribution in [3.63, 3.8) is 0 Å². The van der Waals surface area contributed by atoms with Crippen LogP contribution in [0.3, 0.4) is 0 Å². The van der Waals surface area contributed by atoms with Crippen molar-refractivity contribution in [1.29, 1.82) is 0 Å². The maximum Gasteiger partial charge on any atom is 0.349 e. The summed E-state index contributed by atoms with van der Waals surface area (Å²) in [6.07, 6.45) is 1.30. The maximum absolute atomic E-state index is 12.6. The van der Waals surface area contributed by atoms with Crippen molar-refractivity contribution in [1.82, 2.24) is 4.98 Å². The number of pyridine rings is 1. The van der Waals surface area contributed by atoms with Crippen molar-refractivity contribution in [3.8, 4) is 0 Å². The smallest absolute Gasteiger partial charge is 0.242 e. The van der Waals surface area contributed by atoms with Crippen molar-refractivity contribution in [2.24, 2.45) is 0 Å². The summed E-state index contributed by atoms with van der Waals surface area (Å²) in [7, 11) is -4.70. The zero-order valence-electron chi connectivity index (χ0n) is 8.28. The number of halogens is 1. The number of aromatic nitrogens is 1. The summed E-state index contributed by atoms with van der Waals surface area (Å²) in [6.45, 7) is 5.74. The Morgan fingerprint density at radius 2 is 1.93 bits per heavy atom. The van der Waals surface area contributed by atoms with Crippen LogP contribution >= 0.6 is 0 Å². The van der Waals surface area contributed by atoms with Gasteiger partial charge in [0.2, 0.25) is 0 Å². The first-order chi connectivity index (χ1) is 6.21. The second kappa shape index (κ2) is 3.31. The summed E-state index contributed by atoms with van der Waals surface area (Å²) in [6, 6.07) is 2.93. The van der Waals surface area contributed by atoms with Crippen molar-refractivity contribution in [3.05, 3.63) is 23.9 Å². The molecule has 0 aliphatic carbocycles. The van der Waals surface area contributed by atoms with Crippen LogP contribution in [0.15, 0.2) is 23.4 Å². The molecule has 1 heterocycles. The predicted octanol–water partition coefficient (Wildman–Crippen LogP) is 2.04. The van der Waals surface area contributed by atoms with E-state index in [2.05, 4.69) is 4.98 Å². The zero-order chi connectivity index (χ0) is 11.0. The van der Waals surface area contributed by atoms with Crippen LogP contribution in [-0.2, 0) is 15.6 Å². The second-order valence-corrected chi connectivity index (χ2v) is 5.36. The Morgan fingerprint density at radius 3 is 2.36 bits per heavy atom. The molecule has 0 aromatic carbocycles. The lowest BCUT2D eigenvalue weighted by molar-refractivity contribution is 0.545. The van der Waals surface area contributed by atoms with Crippen LogP contribution in [0.25, 0.3) is 0 Å². The van der Waals surface area contributed by atoms with E-state index in [0.717, 1.165) is 5.56 Å². The summed E-state index contributed by atoms with van der Waals surface area (Å²) in [5.74, 6) is 0. The first-order valence-electron chi connectivity index (χ1n) is 4.12. The van der Waals surface area contributed by atoms with Crippen molar-refractivity contribution in [2.75, 3.05) is 0 Å². The second-order valence-electron chi connectivity index (χ2n) is 4.07. The lowest BCUT2D eigenvalue weighted by Crippen LogP contribution is -2.12. The van der Waals surface area contributed by atoms with Gasteiger partial charge >= 0.3 is 10.2 Å². The highest BCUT2D eigenvalue weighted by molar-refractivity contribution is 7.86. The number of nitrogens with zero attached hydrogens (tertiary/aromatic N) is 1. The van der Waals surface area contributed by atoms with Crippen LogP contribution in [0, 0.1) is 0 Å². The van der Waals surface area contributed by atoms with E-state index in [1.165, 1.54) is 12.3 Å². The van der Waals surface area contributed by atoms with E-state index < -0.39 is 15.2 Å². The Bertz CT molecular complexity index is 434. The Balaban J connectivity index is 3.29. The van der Waals surface area contributed by atoms with E-state index in [9.17, 15) is 12.3 Å². The molecular weight excluding hydrogens is 205 g/mol. The third-order valence-corrected chi connectivity index (χ3v) is 2.57. The Hall–Kier alpha value is -0.970. The maximum atomic E-state index is 12.6. The molecule has 0 unspecified atom stereocenters. The molecular formula is C9H12FNO2S. The van der Waals surface area contributed by atoms with Crippen LogP contribution in [0.5, 0.6) is 0 Å². The van der Waals surface area contributed by atoms with E-state index in [1.54, 1.807) is 6.07 Å². The Morgan fingerprint density at radius 1 is 1.36 bits per heavy atom. The van der Waals surface area contributed by atoms with Crippen LogP contribution in [0.1, 0.15) is 26.3 Å². The molecule has 14 heavy (non-hydrogen) atoms.